The summed E-state index contributed by atoms with van der Waals surface area (Å²) in [5, 5.41) is 10.6. The van der Waals surface area contributed by atoms with Crippen LogP contribution in [0.1, 0.15) is 26.4 Å². The highest BCUT2D eigenvalue weighted by Crippen LogP contribution is 2.30. The summed E-state index contributed by atoms with van der Waals surface area (Å²) in [6.07, 6.45) is 0. The van der Waals surface area contributed by atoms with E-state index in [0.29, 0.717) is 21.8 Å². The molecule has 30 heavy (non-hydrogen) atoms. The molecule has 2 amide bonds. The third-order valence-corrected chi connectivity index (χ3v) is 5.85. The molecule has 0 spiro atoms. The minimum Gasteiger partial charge on any atom is -0.452 e. The molecule has 4 heterocycles. The summed E-state index contributed by atoms with van der Waals surface area (Å²) in [6, 6.07) is 6.82. The standard InChI is InChI=1S/C19H14N4O5S2/c1-9-15-11(7-12(13-3-2-5-29-13)21-17(15)28-23-9)19(26)27-8-14(24)22-18-10(16(20)25)4-6-30-18/h2-7H,8H2,1H3,(H2,20,25)(H,22,24). The topological polar surface area (TPSA) is 137 Å². The molecule has 0 aliphatic heterocycles. The Kier molecular flexibility index (Phi) is 5.29. The number of fused-ring (bicyclic) bond motifs is 1. The van der Waals surface area contributed by atoms with Gasteiger partial charge in [-0.2, -0.15) is 0 Å². The van der Waals surface area contributed by atoms with Crippen molar-refractivity contribution in [2.75, 3.05) is 11.9 Å². The molecule has 4 aromatic heterocycles. The molecular formula is C19H14N4O5S2. The van der Waals surface area contributed by atoms with Crippen LogP contribution in [-0.2, 0) is 9.53 Å². The molecule has 0 fully saturated rings. The van der Waals surface area contributed by atoms with E-state index in [0.717, 1.165) is 16.2 Å². The average Bonchev–Trinajstić information content (AvgIpc) is 3.47. The van der Waals surface area contributed by atoms with Crippen molar-refractivity contribution in [3.8, 4) is 10.6 Å². The normalized spacial score (nSPS) is 10.8. The molecule has 0 aliphatic rings. The summed E-state index contributed by atoms with van der Waals surface area (Å²) < 4.78 is 10.4. The average molecular weight is 442 g/mol. The molecular weight excluding hydrogens is 428 g/mol. The van der Waals surface area contributed by atoms with Gasteiger partial charge < -0.3 is 20.3 Å². The van der Waals surface area contributed by atoms with Gasteiger partial charge in [-0.25, -0.2) is 9.78 Å². The Labute approximate surface area is 177 Å². The molecule has 0 saturated heterocycles. The number of anilines is 1. The van der Waals surface area contributed by atoms with Crippen molar-refractivity contribution in [3.63, 3.8) is 0 Å². The number of nitrogens with one attached hydrogen (secondary N) is 1. The van der Waals surface area contributed by atoms with Crippen LogP contribution < -0.4 is 11.1 Å². The number of hydrogen-bond donors (Lipinski definition) is 2. The molecule has 9 nitrogen and oxygen atoms in total. The van der Waals surface area contributed by atoms with Crippen molar-refractivity contribution < 1.29 is 23.6 Å². The molecule has 0 atom stereocenters. The van der Waals surface area contributed by atoms with Gasteiger partial charge in [0.25, 0.3) is 17.5 Å². The number of hydrogen-bond acceptors (Lipinski definition) is 9. The lowest BCUT2D eigenvalue weighted by Crippen LogP contribution is -2.22. The van der Waals surface area contributed by atoms with Gasteiger partial charge in [0.2, 0.25) is 0 Å². The first kappa shape index (κ1) is 19.7. The molecule has 4 aromatic rings. The second kappa shape index (κ2) is 8.05. The fourth-order valence-corrected chi connectivity index (χ4v) is 4.27. The number of rotatable bonds is 6. The zero-order chi connectivity index (χ0) is 21.3. The number of aromatic nitrogens is 2. The quantitative estimate of drug-likeness (QED) is 0.437. The Morgan fingerprint density at radius 2 is 2.03 bits per heavy atom. The van der Waals surface area contributed by atoms with Gasteiger partial charge in [0.05, 0.1) is 32.8 Å². The summed E-state index contributed by atoms with van der Waals surface area (Å²) in [7, 11) is 0. The fraction of sp³-hybridized carbons (Fsp3) is 0.105. The Morgan fingerprint density at radius 3 is 2.77 bits per heavy atom. The van der Waals surface area contributed by atoms with Crippen molar-refractivity contribution in [2.45, 2.75) is 6.92 Å². The van der Waals surface area contributed by atoms with E-state index in [1.807, 2.05) is 17.5 Å². The van der Waals surface area contributed by atoms with Gasteiger partial charge in [-0.1, -0.05) is 11.2 Å². The minimum absolute atomic E-state index is 0.191. The lowest BCUT2D eigenvalue weighted by atomic mass is 10.1. The third-order valence-electron chi connectivity index (χ3n) is 4.13. The maximum atomic E-state index is 12.7. The number of carbonyl (C=O) groups is 3. The van der Waals surface area contributed by atoms with E-state index in [4.69, 9.17) is 15.0 Å². The molecule has 0 radical (unpaired) electrons. The van der Waals surface area contributed by atoms with E-state index >= 15 is 0 Å². The van der Waals surface area contributed by atoms with Gasteiger partial charge in [0, 0.05) is 0 Å². The molecule has 4 rings (SSSR count). The molecule has 0 saturated carbocycles. The number of nitrogens with zero attached hydrogens (tertiary/aromatic N) is 2. The van der Waals surface area contributed by atoms with Crippen molar-refractivity contribution in [2.24, 2.45) is 5.73 Å². The van der Waals surface area contributed by atoms with Crippen LogP contribution in [0.15, 0.2) is 39.5 Å². The van der Waals surface area contributed by atoms with Crippen molar-refractivity contribution >= 4 is 56.6 Å². The van der Waals surface area contributed by atoms with E-state index in [2.05, 4.69) is 15.5 Å². The summed E-state index contributed by atoms with van der Waals surface area (Å²) >= 11 is 2.60. The van der Waals surface area contributed by atoms with E-state index in [1.165, 1.54) is 17.4 Å². The van der Waals surface area contributed by atoms with Crippen molar-refractivity contribution in [1.29, 1.82) is 0 Å². The molecule has 11 heteroatoms. The number of ether oxygens (including phenoxy) is 1. The maximum absolute atomic E-state index is 12.7. The minimum atomic E-state index is -0.719. The first-order valence-electron chi connectivity index (χ1n) is 8.59. The van der Waals surface area contributed by atoms with Gasteiger partial charge in [0.15, 0.2) is 6.61 Å². The summed E-state index contributed by atoms with van der Waals surface area (Å²) in [5.74, 6) is -1.98. The van der Waals surface area contributed by atoms with Crippen LogP contribution in [0.2, 0.25) is 0 Å². The predicted octanol–water partition coefficient (Wildman–Crippen LogP) is 3.22. The lowest BCUT2D eigenvalue weighted by Gasteiger charge is -2.08. The van der Waals surface area contributed by atoms with Crippen LogP contribution in [0.5, 0.6) is 0 Å². The molecule has 0 aromatic carbocycles. The van der Waals surface area contributed by atoms with Gasteiger partial charge in [0.1, 0.15) is 5.00 Å². The smallest absolute Gasteiger partial charge is 0.339 e. The van der Waals surface area contributed by atoms with Crippen molar-refractivity contribution in [3.05, 3.63) is 51.8 Å². The number of pyridine rings is 1. The van der Waals surface area contributed by atoms with Gasteiger partial charge >= 0.3 is 5.97 Å². The highest BCUT2D eigenvalue weighted by Gasteiger charge is 2.22. The number of thiophene rings is 2. The van der Waals surface area contributed by atoms with Gasteiger partial charge in [-0.3, -0.25) is 9.59 Å². The van der Waals surface area contributed by atoms with Crippen LogP contribution in [0.4, 0.5) is 5.00 Å². The second-order valence-corrected chi connectivity index (χ2v) is 8.00. The van der Waals surface area contributed by atoms with Crippen LogP contribution in [0.3, 0.4) is 0 Å². The van der Waals surface area contributed by atoms with E-state index in [9.17, 15) is 14.4 Å². The lowest BCUT2D eigenvalue weighted by molar-refractivity contribution is -0.119. The summed E-state index contributed by atoms with van der Waals surface area (Å²) in [5.41, 5.74) is 6.87. The first-order chi connectivity index (χ1) is 14.4. The van der Waals surface area contributed by atoms with E-state index < -0.39 is 24.4 Å². The van der Waals surface area contributed by atoms with Crippen LogP contribution in [0, 0.1) is 6.92 Å². The van der Waals surface area contributed by atoms with E-state index in [-0.39, 0.29) is 16.8 Å². The van der Waals surface area contributed by atoms with Crippen molar-refractivity contribution in [1.82, 2.24) is 10.1 Å². The number of primary amides is 1. The largest absolute Gasteiger partial charge is 0.452 e. The highest BCUT2D eigenvalue weighted by atomic mass is 32.1. The molecule has 3 N–H and O–H groups in total. The fourth-order valence-electron chi connectivity index (χ4n) is 2.78. The van der Waals surface area contributed by atoms with Crippen LogP contribution >= 0.6 is 22.7 Å². The Balaban J connectivity index is 1.54. The number of nitrogens with two attached hydrogens (primary N) is 1. The number of amides is 2. The van der Waals surface area contributed by atoms with Crippen LogP contribution in [0.25, 0.3) is 21.7 Å². The maximum Gasteiger partial charge on any atom is 0.339 e. The molecule has 0 aliphatic carbocycles. The Morgan fingerprint density at radius 1 is 1.20 bits per heavy atom. The number of esters is 1. The molecule has 0 bridgehead atoms. The summed E-state index contributed by atoms with van der Waals surface area (Å²) in [6.45, 7) is 1.14. The van der Waals surface area contributed by atoms with E-state index in [1.54, 1.807) is 18.4 Å². The first-order valence-corrected chi connectivity index (χ1v) is 10.3. The zero-order valence-corrected chi connectivity index (χ0v) is 17.1. The monoisotopic (exact) mass is 442 g/mol. The number of aryl methyl sites for hydroxylation is 1. The SMILES string of the molecule is Cc1noc2nc(-c3cccs3)cc(C(=O)OCC(=O)Nc3sccc3C(N)=O)c12. The Hall–Kier alpha value is -3.57. The summed E-state index contributed by atoms with van der Waals surface area (Å²) in [4.78, 5) is 41.5. The second-order valence-electron chi connectivity index (χ2n) is 6.13. The Bertz CT molecular complexity index is 1260. The van der Waals surface area contributed by atoms with Crippen LogP contribution in [-0.4, -0.2) is 34.5 Å². The van der Waals surface area contributed by atoms with Gasteiger partial charge in [-0.15, -0.1) is 22.7 Å². The number of carbonyl (C=O) groups excluding carboxylic acids is 3. The predicted molar refractivity (Wildman–Crippen MR) is 112 cm³/mol. The van der Waals surface area contributed by atoms with Gasteiger partial charge in [-0.05, 0) is 35.9 Å². The molecule has 0 unspecified atom stereocenters. The zero-order valence-electron chi connectivity index (χ0n) is 15.5. The molecule has 152 valence electrons. The third kappa shape index (κ3) is 3.80. The highest BCUT2D eigenvalue weighted by molar-refractivity contribution is 7.14.